The normalized spacial score (nSPS) is 31.0. The Morgan fingerprint density at radius 1 is 1.29 bits per heavy atom. The molecule has 3 unspecified atom stereocenters. The summed E-state index contributed by atoms with van der Waals surface area (Å²) < 4.78 is 5.26. The summed E-state index contributed by atoms with van der Waals surface area (Å²) in [6.45, 7) is 5.02. The van der Waals surface area contributed by atoms with Crippen LogP contribution in [0, 0.1) is 5.92 Å². The summed E-state index contributed by atoms with van der Waals surface area (Å²) in [7, 11) is 3.73. The van der Waals surface area contributed by atoms with Crippen molar-refractivity contribution < 1.29 is 19.4 Å². The summed E-state index contributed by atoms with van der Waals surface area (Å²) in [5.74, 6) is -1.54. The standard InChI is InChI=1S/C14H25N3O4/c1-10-7-15(2)5-4-6-17(10)14(20)16(3)12-9-21-8-11(12)13(18)19/h10-12H,4-9H2,1-3H3,(H,18,19). The van der Waals surface area contributed by atoms with Crippen LogP contribution in [0.4, 0.5) is 4.79 Å². The number of aliphatic carboxylic acids is 1. The van der Waals surface area contributed by atoms with Gasteiger partial charge in [0.25, 0.3) is 0 Å². The maximum absolute atomic E-state index is 12.7. The van der Waals surface area contributed by atoms with E-state index in [0.717, 1.165) is 19.5 Å². The third-order valence-corrected chi connectivity index (χ3v) is 4.46. The van der Waals surface area contributed by atoms with Crippen molar-refractivity contribution in [3.05, 3.63) is 0 Å². The van der Waals surface area contributed by atoms with Gasteiger partial charge in [-0.05, 0) is 26.9 Å². The Hall–Kier alpha value is -1.34. The molecule has 2 heterocycles. The minimum atomic E-state index is -0.902. The van der Waals surface area contributed by atoms with Crippen LogP contribution in [0.1, 0.15) is 13.3 Å². The smallest absolute Gasteiger partial charge is 0.320 e. The lowest BCUT2D eigenvalue weighted by Crippen LogP contribution is -2.53. The van der Waals surface area contributed by atoms with Crippen LogP contribution in [0.2, 0.25) is 0 Å². The third kappa shape index (κ3) is 3.47. The Bertz CT molecular complexity index is 404. The van der Waals surface area contributed by atoms with E-state index in [1.807, 2.05) is 11.8 Å². The van der Waals surface area contributed by atoms with Crippen molar-refractivity contribution in [3.63, 3.8) is 0 Å². The van der Waals surface area contributed by atoms with Gasteiger partial charge in [-0.25, -0.2) is 4.79 Å². The molecular weight excluding hydrogens is 274 g/mol. The lowest BCUT2D eigenvalue weighted by atomic mass is 10.0. The number of carboxylic acid groups (broad SMARTS) is 1. The SMILES string of the molecule is CC1CN(C)CCCN1C(=O)N(C)C1COCC1C(=O)O. The number of hydrogen-bond acceptors (Lipinski definition) is 4. The quantitative estimate of drug-likeness (QED) is 0.786. The number of urea groups is 1. The molecule has 2 fully saturated rings. The minimum absolute atomic E-state index is 0.0976. The number of amides is 2. The van der Waals surface area contributed by atoms with Gasteiger partial charge in [-0.3, -0.25) is 4.79 Å². The average Bonchev–Trinajstić information content (AvgIpc) is 2.84. The first-order valence-electron chi connectivity index (χ1n) is 7.44. The second-order valence-corrected chi connectivity index (χ2v) is 6.10. The van der Waals surface area contributed by atoms with Gasteiger partial charge in [-0.2, -0.15) is 0 Å². The Morgan fingerprint density at radius 2 is 2.00 bits per heavy atom. The fourth-order valence-electron chi connectivity index (χ4n) is 3.16. The Morgan fingerprint density at radius 3 is 2.67 bits per heavy atom. The third-order valence-electron chi connectivity index (χ3n) is 4.46. The van der Waals surface area contributed by atoms with Crippen molar-refractivity contribution in [2.75, 3.05) is 46.9 Å². The fourth-order valence-corrected chi connectivity index (χ4v) is 3.16. The van der Waals surface area contributed by atoms with Gasteiger partial charge in [-0.1, -0.05) is 0 Å². The van der Waals surface area contributed by atoms with Crippen LogP contribution in [0.25, 0.3) is 0 Å². The highest BCUT2D eigenvalue weighted by molar-refractivity contribution is 5.77. The zero-order valence-electron chi connectivity index (χ0n) is 13.0. The minimum Gasteiger partial charge on any atom is -0.481 e. The topological polar surface area (TPSA) is 73.3 Å². The molecule has 0 bridgehead atoms. The molecule has 1 N–H and O–H groups in total. The number of nitrogens with zero attached hydrogens (tertiary/aromatic N) is 3. The summed E-state index contributed by atoms with van der Waals surface area (Å²) in [6.07, 6.45) is 0.934. The maximum atomic E-state index is 12.7. The molecule has 2 aliphatic heterocycles. The van der Waals surface area contributed by atoms with Crippen molar-refractivity contribution in [3.8, 4) is 0 Å². The molecule has 2 saturated heterocycles. The van der Waals surface area contributed by atoms with E-state index < -0.39 is 11.9 Å². The number of carbonyl (C=O) groups is 2. The van der Waals surface area contributed by atoms with Gasteiger partial charge in [0.1, 0.15) is 5.92 Å². The molecule has 0 aliphatic carbocycles. The maximum Gasteiger partial charge on any atom is 0.320 e. The number of likely N-dealkylation sites (N-methyl/N-ethyl adjacent to an activating group) is 2. The Balaban J connectivity index is 2.05. The lowest BCUT2D eigenvalue weighted by Gasteiger charge is -2.35. The average molecular weight is 299 g/mol. The van der Waals surface area contributed by atoms with Crippen LogP contribution in [0.5, 0.6) is 0 Å². The second kappa shape index (κ2) is 6.62. The number of hydrogen-bond donors (Lipinski definition) is 1. The molecule has 120 valence electrons. The van der Waals surface area contributed by atoms with Gasteiger partial charge >= 0.3 is 12.0 Å². The number of rotatable bonds is 2. The summed E-state index contributed by atoms with van der Waals surface area (Å²) in [6, 6.07) is -0.360. The van der Waals surface area contributed by atoms with Gasteiger partial charge < -0.3 is 24.5 Å². The van der Waals surface area contributed by atoms with E-state index in [-0.39, 0.29) is 24.7 Å². The molecule has 3 atom stereocenters. The van der Waals surface area contributed by atoms with Gasteiger partial charge in [0.15, 0.2) is 0 Å². The van der Waals surface area contributed by atoms with E-state index in [0.29, 0.717) is 13.2 Å². The van der Waals surface area contributed by atoms with Gasteiger partial charge in [-0.15, -0.1) is 0 Å². The molecule has 2 aliphatic rings. The molecule has 21 heavy (non-hydrogen) atoms. The molecule has 7 nitrogen and oxygen atoms in total. The highest BCUT2D eigenvalue weighted by atomic mass is 16.5. The largest absolute Gasteiger partial charge is 0.481 e. The Labute approximate surface area is 125 Å². The van der Waals surface area contributed by atoms with Crippen molar-refractivity contribution in [2.24, 2.45) is 5.92 Å². The molecule has 0 aromatic rings. The molecule has 7 heteroatoms. The van der Waals surface area contributed by atoms with Crippen molar-refractivity contribution >= 4 is 12.0 Å². The predicted molar refractivity (Wildman–Crippen MR) is 77.2 cm³/mol. The first kappa shape index (κ1) is 16.0. The summed E-state index contributed by atoms with van der Waals surface area (Å²) in [5, 5.41) is 9.22. The highest BCUT2D eigenvalue weighted by Crippen LogP contribution is 2.21. The van der Waals surface area contributed by atoms with E-state index in [4.69, 9.17) is 4.74 Å². The van der Waals surface area contributed by atoms with Crippen molar-refractivity contribution in [1.29, 1.82) is 0 Å². The fraction of sp³-hybridized carbons (Fsp3) is 0.857. The lowest BCUT2D eigenvalue weighted by molar-refractivity contribution is -0.142. The molecule has 0 saturated carbocycles. The van der Waals surface area contributed by atoms with E-state index in [9.17, 15) is 14.7 Å². The molecular formula is C14H25N3O4. The first-order valence-corrected chi connectivity index (χ1v) is 7.44. The van der Waals surface area contributed by atoms with E-state index in [1.165, 1.54) is 0 Å². The summed E-state index contributed by atoms with van der Waals surface area (Å²) >= 11 is 0. The number of carboxylic acids is 1. The van der Waals surface area contributed by atoms with Gasteiger partial charge in [0.2, 0.25) is 0 Å². The zero-order chi connectivity index (χ0) is 15.6. The molecule has 0 aromatic heterocycles. The zero-order valence-corrected chi connectivity index (χ0v) is 13.0. The van der Waals surface area contributed by atoms with Crippen molar-refractivity contribution in [2.45, 2.75) is 25.4 Å². The van der Waals surface area contributed by atoms with Gasteiger partial charge in [0, 0.05) is 26.2 Å². The molecule has 2 rings (SSSR count). The first-order chi connectivity index (χ1) is 9.91. The molecule has 0 radical (unpaired) electrons. The predicted octanol–water partition coefficient (Wildman–Crippen LogP) is 0.164. The molecule has 2 amide bonds. The molecule has 0 spiro atoms. The van der Waals surface area contributed by atoms with Crippen LogP contribution in [-0.2, 0) is 9.53 Å². The Kier molecular flexibility index (Phi) is 5.05. The monoisotopic (exact) mass is 299 g/mol. The highest BCUT2D eigenvalue weighted by Gasteiger charge is 2.40. The van der Waals surface area contributed by atoms with E-state index in [1.54, 1.807) is 11.9 Å². The van der Waals surface area contributed by atoms with E-state index >= 15 is 0 Å². The van der Waals surface area contributed by atoms with Crippen LogP contribution in [-0.4, -0.2) is 90.8 Å². The van der Waals surface area contributed by atoms with Crippen LogP contribution >= 0.6 is 0 Å². The summed E-state index contributed by atoms with van der Waals surface area (Å²) in [5.41, 5.74) is 0. The van der Waals surface area contributed by atoms with Crippen LogP contribution in [0.15, 0.2) is 0 Å². The number of carbonyl (C=O) groups excluding carboxylic acids is 1. The number of ether oxygens (including phenoxy) is 1. The van der Waals surface area contributed by atoms with Gasteiger partial charge in [0.05, 0.1) is 19.3 Å². The van der Waals surface area contributed by atoms with E-state index in [2.05, 4.69) is 11.9 Å². The molecule has 0 aromatic carbocycles. The second-order valence-electron chi connectivity index (χ2n) is 6.10. The summed E-state index contributed by atoms with van der Waals surface area (Å²) in [4.78, 5) is 29.6. The van der Waals surface area contributed by atoms with Crippen LogP contribution < -0.4 is 0 Å². The van der Waals surface area contributed by atoms with Crippen LogP contribution in [0.3, 0.4) is 0 Å². The van der Waals surface area contributed by atoms with Crippen molar-refractivity contribution in [1.82, 2.24) is 14.7 Å².